The Kier molecular flexibility index (Phi) is 4.65. The number of imide groups is 1. The number of nitrogens with zero attached hydrogens (tertiary/aromatic N) is 1. The second-order valence-corrected chi connectivity index (χ2v) is 8.42. The summed E-state index contributed by atoms with van der Waals surface area (Å²) in [5, 5.41) is 0. The van der Waals surface area contributed by atoms with Crippen LogP contribution in [-0.4, -0.2) is 31.3 Å². The standard InChI is InChI=1S/C25H23NO5/c1-14-9-16-11-20(14)23-22(16)24(28)26(25(23)29)17-6-4-8-19(12-17)31-13-21(27)15-5-3-7-18(10-15)30-2/h3-10,12,16,20,22-23H,11,13H2,1-2H3/t16-,20-,22-,23-/m1/s1. The Labute approximate surface area is 180 Å². The number of ether oxygens (including phenoxy) is 2. The molecule has 2 bridgehead atoms. The molecule has 6 nitrogen and oxygen atoms in total. The van der Waals surface area contributed by atoms with Gasteiger partial charge in [0.15, 0.2) is 12.4 Å². The van der Waals surface area contributed by atoms with Gasteiger partial charge in [-0.1, -0.05) is 29.8 Å². The number of benzene rings is 2. The van der Waals surface area contributed by atoms with Crippen molar-refractivity contribution in [3.63, 3.8) is 0 Å². The molecule has 6 heteroatoms. The molecule has 2 fully saturated rings. The van der Waals surface area contributed by atoms with E-state index in [1.54, 1.807) is 55.6 Å². The van der Waals surface area contributed by atoms with Crippen molar-refractivity contribution >= 4 is 23.3 Å². The van der Waals surface area contributed by atoms with Crippen LogP contribution in [0.4, 0.5) is 5.69 Å². The first-order chi connectivity index (χ1) is 15.0. The van der Waals surface area contributed by atoms with Gasteiger partial charge in [0.05, 0.1) is 24.6 Å². The number of Topliss-reactive ketones (excluding diaryl/α,β-unsaturated/α-hetero) is 1. The predicted octanol–water partition coefficient (Wildman–Crippen LogP) is 3.66. The molecule has 0 radical (unpaired) electrons. The van der Waals surface area contributed by atoms with Crippen molar-refractivity contribution in [2.24, 2.45) is 23.7 Å². The van der Waals surface area contributed by atoms with Crippen LogP contribution in [0.3, 0.4) is 0 Å². The van der Waals surface area contributed by atoms with Crippen LogP contribution in [0.15, 0.2) is 60.2 Å². The molecule has 0 spiro atoms. The van der Waals surface area contributed by atoms with Crippen LogP contribution in [0, 0.1) is 23.7 Å². The second kappa shape index (κ2) is 7.38. The predicted molar refractivity (Wildman–Crippen MR) is 114 cm³/mol. The fourth-order valence-corrected chi connectivity index (χ4v) is 5.27. The van der Waals surface area contributed by atoms with Crippen LogP contribution in [0.5, 0.6) is 11.5 Å². The summed E-state index contributed by atoms with van der Waals surface area (Å²) in [4.78, 5) is 40.0. The van der Waals surface area contributed by atoms with Gasteiger partial charge in [0.1, 0.15) is 11.5 Å². The highest BCUT2D eigenvalue weighted by atomic mass is 16.5. The van der Waals surface area contributed by atoms with Gasteiger partial charge < -0.3 is 9.47 Å². The summed E-state index contributed by atoms with van der Waals surface area (Å²) < 4.78 is 10.8. The average Bonchev–Trinajstić information content (AvgIpc) is 3.42. The third kappa shape index (κ3) is 3.14. The number of rotatable bonds is 6. The zero-order valence-corrected chi connectivity index (χ0v) is 17.4. The molecular weight excluding hydrogens is 394 g/mol. The topological polar surface area (TPSA) is 72.9 Å². The summed E-state index contributed by atoms with van der Waals surface area (Å²) in [7, 11) is 1.55. The molecule has 1 heterocycles. The van der Waals surface area contributed by atoms with E-state index >= 15 is 0 Å². The normalized spacial score (nSPS) is 26.1. The van der Waals surface area contributed by atoms with Crippen LogP contribution in [0.25, 0.3) is 0 Å². The average molecular weight is 417 g/mol. The summed E-state index contributed by atoms with van der Waals surface area (Å²) in [6.45, 7) is 1.89. The van der Waals surface area contributed by atoms with Gasteiger partial charge in [-0.15, -0.1) is 0 Å². The summed E-state index contributed by atoms with van der Waals surface area (Å²) in [6.07, 6.45) is 3.06. The number of hydrogen-bond donors (Lipinski definition) is 0. The summed E-state index contributed by atoms with van der Waals surface area (Å²) in [5.74, 6) is 0.433. The highest BCUT2D eigenvalue weighted by Gasteiger charge is 2.60. The number of carbonyl (C=O) groups is 3. The van der Waals surface area contributed by atoms with Gasteiger partial charge in [-0.3, -0.25) is 14.4 Å². The first-order valence-corrected chi connectivity index (χ1v) is 10.4. The Hall–Kier alpha value is -3.41. The number of carbonyl (C=O) groups excluding carboxylic acids is 3. The summed E-state index contributed by atoms with van der Waals surface area (Å²) in [5.41, 5.74) is 2.21. The van der Waals surface area contributed by atoms with E-state index in [0.29, 0.717) is 22.7 Å². The van der Waals surface area contributed by atoms with Gasteiger partial charge in [-0.25, -0.2) is 4.90 Å². The molecular formula is C25H23NO5. The lowest BCUT2D eigenvalue weighted by Gasteiger charge is -2.19. The van der Waals surface area contributed by atoms with Crippen molar-refractivity contribution in [1.82, 2.24) is 0 Å². The van der Waals surface area contributed by atoms with E-state index in [1.807, 2.05) is 0 Å². The minimum Gasteiger partial charge on any atom is -0.497 e. The summed E-state index contributed by atoms with van der Waals surface area (Å²) >= 11 is 0. The number of hydrogen-bond acceptors (Lipinski definition) is 5. The maximum atomic E-state index is 13.1. The van der Waals surface area contributed by atoms with E-state index in [-0.39, 0.29) is 47.9 Å². The highest BCUT2D eigenvalue weighted by Crippen LogP contribution is 2.55. The van der Waals surface area contributed by atoms with Crippen LogP contribution in [-0.2, 0) is 9.59 Å². The minimum atomic E-state index is -0.250. The van der Waals surface area contributed by atoms with E-state index in [1.165, 1.54) is 10.5 Å². The Morgan fingerprint density at radius 1 is 1.03 bits per heavy atom. The molecule has 2 aromatic carbocycles. The fourth-order valence-electron chi connectivity index (χ4n) is 5.27. The number of methoxy groups -OCH3 is 1. The van der Waals surface area contributed by atoms with Crippen molar-refractivity contribution in [2.45, 2.75) is 13.3 Å². The largest absolute Gasteiger partial charge is 0.497 e. The van der Waals surface area contributed by atoms with E-state index in [0.717, 1.165) is 6.42 Å². The Bertz CT molecular complexity index is 1120. The maximum Gasteiger partial charge on any atom is 0.238 e. The maximum absolute atomic E-state index is 13.1. The molecule has 3 aliphatic rings. The Morgan fingerprint density at radius 3 is 2.58 bits per heavy atom. The smallest absolute Gasteiger partial charge is 0.238 e. The molecule has 1 saturated carbocycles. The van der Waals surface area contributed by atoms with E-state index < -0.39 is 0 Å². The van der Waals surface area contributed by atoms with Gasteiger partial charge in [0.25, 0.3) is 0 Å². The van der Waals surface area contributed by atoms with Gasteiger partial charge in [0.2, 0.25) is 11.8 Å². The fraction of sp³-hybridized carbons (Fsp3) is 0.320. The van der Waals surface area contributed by atoms with E-state index in [9.17, 15) is 14.4 Å². The second-order valence-electron chi connectivity index (χ2n) is 8.42. The molecule has 2 aromatic rings. The van der Waals surface area contributed by atoms with Gasteiger partial charge in [0, 0.05) is 11.6 Å². The monoisotopic (exact) mass is 417 g/mol. The van der Waals surface area contributed by atoms with Crippen molar-refractivity contribution in [3.8, 4) is 11.5 Å². The molecule has 2 amide bonds. The zero-order chi connectivity index (χ0) is 21.7. The molecule has 4 atom stereocenters. The molecule has 1 saturated heterocycles. The summed E-state index contributed by atoms with van der Waals surface area (Å²) in [6, 6.07) is 13.7. The molecule has 2 aliphatic carbocycles. The van der Waals surface area contributed by atoms with E-state index in [2.05, 4.69) is 13.0 Å². The molecule has 158 valence electrons. The quantitative estimate of drug-likeness (QED) is 0.407. The van der Waals surface area contributed by atoms with Crippen molar-refractivity contribution in [1.29, 1.82) is 0 Å². The first-order valence-electron chi connectivity index (χ1n) is 10.4. The zero-order valence-electron chi connectivity index (χ0n) is 17.4. The highest BCUT2D eigenvalue weighted by molar-refractivity contribution is 6.23. The molecule has 0 unspecified atom stereocenters. The Morgan fingerprint density at radius 2 is 1.77 bits per heavy atom. The lowest BCUT2D eigenvalue weighted by atomic mass is 9.82. The third-order valence-electron chi connectivity index (χ3n) is 6.72. The number of ketones is 1. The molecule has 0 aromatic heterocycles. The molecule has 31 heavy (non-hydrogen) atoms. The van der Waals surface area contributed by atoms with Crippen molar-refractivity contribution < 1.29 is 23.9 Å². The number of allylic oxidation sites excluding steroid dienone is 2. The SMILES string of the molecule is COc1cccc(C(=O)COc2cccc(N3C(=O)[C@H]4[C@H](C3=O)[C@@H]3C[C@H]4C=C3C)c2)c1. The minimum absolute atomic E-state index is 0.125. The lowest BCUT2D eigenvalue weighted by molar-refractivity contribution is -0.123. The van der Waals surface area contributed by atoms with Crippen molar-refractivity contribution in [3.05, 3.63) is 65.7 Å². The molecule has 1 aliphatic heterocycles. The van der Waals surface area contributed by atoms with Crippen LogP contribution >= 0.6 is 0 Å². The lowest BCUT2D eigenvalue weighted by Crippen LogP contribution is -2.32. The van der Waals surface area contributed by atoms with Crippen LogP contribution in [0.2, 0.25) is 0 Å². The van der Waals surface area contributed by atoms with E-state index in [4.69, 9.17) is 9.47 Å². The van der Waals surface area contributed by atoms with Crippen molar-refractivity contribution in [2.75, 3.05) is 18.6 Å². The van der Waals surface area contributed by atoms with Gasteiger partial charge >= 0.3 is 0 Å². The molecule has 0 N–H and O–H groups in total. The van der Waals surface area contributed by atoms with Gasteiger partial charge in [-0.05, 0) is 49.4 Å². The van der Waals surface area contributed by atoms with Crippen LogP contribution in [0.1, 0.15) is 23.7 Å². The third-order valence-corrected chi connectivity index (χ3v) is 6.72. The number of fused-ring (bicyclic) bond motifs is 5. The first kappa shape index (κ1) is 19.5. The number of amides is 2. The number of anilines is 1. The molecule has 5 rings (SSSR count). The van der Waals surface area contributed by atoms with Crippen LogP contribution < -0.4 is 14.4 Å². The Balaban J connectivity index is 1.31. The van der Waals surface area contributed by atoms with Gasteiger partial charge in [-0.2, -0.15) is 0 Å².